The molecule has 0 heterocycles. The van der Waals surface area contributed by atoms with Crippen molar-refractivity contribution in [1.29, 1.82) is 0 Å². The van der Waals surface area contributed by atoms with Crippen LogP contribution in [0.2, 0.25) is 0 Å². The number of carbonyl (C=O) groups is 6. The highest BCUT2D eigenvalue weighted by Crippen LogP contribution is 2.57. The van der Waals surface area contributed by atoms with Gasteiger partial charge in [-0.05, 0) is 110 Å². The summed E-state index contributed by atoms with van der Waals surface area (Å²) in [5.41, 5.74) is 3.46. The van der Waals surface area contributed by atoms with E-state index in [2.05, 4.69) is 27.7 Å². The molecular weight excluding hydrogens is 953 g/mol. The van der Waals surface area contributed by atoms with Crippen LogP contribution in [0, 0.1) is 23.7 Å². The van der Waals surface area contributed by atoms with Crippen molar-refractivity contribution in [2.24, 2.45) is 23.7 Å². The highest BCUT2D eigenvalue weighted by molar-refractivity contribution is 6.43. The molecule has 0 bridgehead atoms. The summed E-state index contributed by atoms with van der Waals surface area (Å²) in [5.74, 6) is -2.89. The van der Waals surface area contributed by atoms with E-state index in [1.54, 1.807) is 48.5 Å². The van der Waals surface area contributed by atoms with E-state index < -0.39 is 23.8 Å². The fourth-order valence-electron chi connectivity index (χ4n) is 11.9. The summed E-state index contributed by atoms with van der Waals surface area (Å²) in [6, 6.07) is 21.4. The van der Waals surface area contributed by atoms with Gasteiger partial charge in [0.25, 0.3) is 0 Å². The smallest absolute Gasteiger partial charge is 0.314 e. The van der Waals surface area contributed by atoms with Crippen LogP contribution in [0.15, 0.2) is 72.8 Å². The summed E-state index contributed by atoms with van der Waals surface area (Å²) < 4.78 is 26.3. The molecule has 10 heteroatoms. The molecule has 2 aliphatic rings. The molecule has 7 aromatic rings. The van der Waals surface area contributed by atoms with Crippen molar-refractivity contribution in [3.05, 3.63) is 95.1 Å². The SMILES string of the molecule is CCCCC(CC)C(=O)Oc1cccc2c1-c1cc(OC(=O)C(CC)CCCC)c3c4c(OC(=O)C(CC)CCCC)cc5c6c(ccc(c7ccc(c1c73)C2=O)c64)C(=O)c1cccc(OC(=O)C(CC)CCCC)c1-5. The summed E-state index contributed by atoms with van der Waals surface area (Å²) in [4.78, 5) is 87.8. The monoisotopic (exact) mass is 1020 g/mol. The van der Waals surface area contributed by atoms with Gasteiger partial charge in [-0.25, -0.2) is 0 Å². The van der Waals surface area contributed by atoms with Gasteiger partial charge < -0.3 is 18.9 Å². The van der Waals surface area contributed by atoms with E-state index in [4.69, 9.17) is 18.9 Å². The lowest BCUT2D eigenvalue weighted by molar-refractivity contribution is -0.140. The average molecular weight is 1030 g/mol. The van der Waals surface area contributed by atoms with E-state index in [1.165, 1.54) is 0 Å². The molecule has 9 rings (SSSR count). The summed E-state index contributed by atoms with van der Waals surface area (Å²) in [5, 5.41) is 4.59. The highest BCUT2D eigenvalue weighted by Gasteiger charge is 2.38. The van der Waals surface area contributed by atoms with Crippen LogP contribution >= 0.6 is 0 Å². The molecule has 0 fully saturated rings. The van der Waals surface area contributed by atoms with Crippen molar-refractivity contribution in [2.75, 3.05) is 0 Å². The summed E-state index contributed by atoms with van der Waals surface area (Å²) in [7, 11) is 0. The molecule has 0 aliphatic heterocycles. The van der Waals surface area contributed by atoms with Crippen LogP contribution < -0.4 is 18.9 Å². The van der Waals surface area contributed by atoms with E-state index in [-0.39, 0.29) is 58.3 Å². The largest absolute Gasteiger partial charge is 0.426 e. The van der Waals surface area contributed by atoms with E-state index in [0.717, 1.165) is 51.4 Å². The van der Waals surface area contributed by atoms with Crippen molar-refractivity contribution in [3.63, 3.8) is 0 Å². The topological polar surface area (TPSA) is 139 Å². The van der Waals surface area contributed by atoms with Crippen LogP contribution in [0.1, 0.15) is 190 Å². The molecule has 0 N–H and O–H groups in total. The summed E-state index contributed by atoms with van der Waals surface area (Å²) in [6.45, 7) is 16.2. The van der Waals surface area contributed by atoms with Gasteiger partial charge in [0.2, 0.25) is 0 Å². The fraction of sp³-hybridized carbons (Fsp3) is 0.424. The van der Waals surface area contributed by atoms with Crippen molar-refractivity contribution >= 4 is 78.5 Å². The third-order valence-corrected chi connectivity index (χ3v) is 16.4. The van der Waals surface area contributed by atoms with Gasteiger partial charge in [-0.2, -0.15) is 0 Å². The number of hydrogen-bond donors (Lipinski definition) is 0. The van der Waals surface area contributed by atoms with E-state index >= 15 is 9.59 Å². The first-order valence-electron chi connectivity index (χ1n) is 28.4. The first-order chi connectivity index (χ1) is 36.9. The first-order valence-corrected chi connectivity index (χ1v) is 28.4. The molecule has 0 aromatic heterocycles. The number of fused-ring (bicyclic) bond motifs is 6. The lowest BCUT2D eigenvalue weighted by atomic mass is 9.76. The Bertz CT molecular complexity index is 3190. The van der Waals surface area contributed by atoms with Crippen molar-refractivity contribution in [1.82, 2.24) is 0 Å². The Hall–Kier alpha value is -6.94. The van der Waals surface area contributed by atoms with Crippen molar-refractivity contribution in [2.45, 2.75) is 158 Å². The van der Waals surface area contributed by atoms with E-state index in [9.17, 15) is 19.2 Å². The number of carbonyl (C=O) groups excluding carboxylic acids is 6. The third kappa shape index (κ3) is 9.55. The summed E-state index contributed by atoms with van der Waals surface area (Å²) >= 11 is 0. The van der Waals surface area contributed by atoms with Gasteiger partial charge >= 0.3 is 23.9 Å². The first kappa shape index (κ1) is 53.9. The van der Waals surface area contributed by atoms with Gasteiger partial charge in [0.05, 0.1) is 23.7 Å². The number of ether oxygens (including phenoxy) is 4. The average Bonchev–Trinajstić information content (AvgIpc) is 3.61. The highest BCUT2D eigenvalue weighted by atomic mass is 16.5. The number of ketones is 2. The maximum atomic E-state index is 15.1. The Morgan fingerprint density at radius 3 is 0.974 bits per heavy atom. The zero-order valence-electron chi connectivity index (χ0n) is 45.6. The lowest BCUT2D eigenvalue weighted by Crippen LogP contribution is -2.22. The maximum absolute atomic E-state index is 15.1. The molecule has 7 aromatic carbocycles. The third-order valence-electron chi connectivity index (χ3n) is 16.4. The number of rotatable bonds is 24. The minimum atomic E-state index is -0.439. The second-order valence-electron chi connectivity index (χ2n) is 21.1. The Kier molecular flexibility index (Phi) is 16.4. The molecule has 10 nitrogen and oxygen atoms in total. The molecule has 0 amide bonds. The Balaban J connectivity index is 1.41. The molecular formula is C66H72O10. The van der Waals surface area contributed by atoms with Gasteiger partial charge in [-0.3, -0.25) is 28.8 Å². The molecule has 2 aliphatic carbocycles. The zero-order chi connectivity index (χ0) is 53.9. The minimum Gasteiger partial charge on any atom is -0.426 e. The van der Waals surface area contributed by atoms with Crippen LogP contribution in [0.25, 0.3) is 65.3 Å². The van der Waals surface area contributed by atoms with Crippen LogP contribution in [0.4, 0.5) is 0 Å². The lowest BCUT2D eigenvalue weighted by Gasteiger charge is -2.29. The minimum absolute atomic E-state index is 0.174. The van der Waals surface area contributed by atoms with E-state index in [1.807, 2.05) is 52.0 Å². The molecule has 0 saturated carbocycles. The molecule has 0 radical (unpaired) electrons. The van der Waals surface area contributed by atoms with Crippen molar-refractivity contribution in [3.8, 4) is 45.3 Å². The Morgan fingerprint density at radius 2 is 0.671 bits per heavy atom. The number of unbranched alkanes of at least 4 members (excludes halogenated alkanes) is 4. The molecule has 76 heavy (non-hydrogen) atoms. The number of benzene rings is 7. The molecule has 396 valence electrons. The predicted octanol–water partition coefficient (Wildman–Crippen LogP) is 16.6. The second-order valence-corrected chi connectivity index (χ2v) is 21.1. The normalized spacial score (nSPS) is 14.2. The Labute approximate surface area is 446 Å². The number of hydrogen-bond acceptors (Lipinski definition) is 10. The van der Waals surface area contributed by atoms with Gasteiger partial charge in [0.1, 0.15) is 23.0 Å². The predicted molar refractivity (Wildman–Crippen MR) is 301 cm³/mol. The molecule has 0 saturated heterocycles. The standard InChI is InChI=1S/C66H72O10/c1-9-17-23-37(13-5)63(69)73-49-29-21-27-43-53(49)47-35-51(75-65(71)39(15-7)25-19-11-3)59-57-41(31-33-45(55(47)57)61(43)67)42-32-34-46-56-48(36-52(60(59)58(42)56)76-66(72)40(16-8)26-20-12-4)54-44(62(46)68)28-22-30-50(54)74-64(70)38(14-6)24-18-10-2/h21-22,27-40H,9-20,23-26H2,1-8H3. The second kappa shape index (κ2) is 23.1. The molecule has 4 atom stereocenters. The van der Waals surface area contributed by atoms with Gasteiger partial charge in [0.15, 0.2) is 11.6 Å². The van der Waals surface area contributed by atoms with Gasteiger partial charge in [0, 0.05) is 65.7 Å². The van der Waals surface area contributed by atoms with E-state index in [0.29, 0.717) is 139 Å². The maximum Gasteiger partial charge on any atom is 0.314 e. The fourth-order valence-corrected chi connectivity index (χ4v) is 11.9. The van der Waals surface area contributed by atoms with Crippen LogP contribution in [0.3, 0.4) is 0 Å². The quantitative estimate of drug-likeness (QED) is 0.0249. The van der Waals surface area contributed by atoms with Crippen LogP contribution in [-0.4, -0.2) is 35.4 Å². The van der Waals surface area contributed by atoms with Crippen LogP contribution in [-0.2, 0) is 19.2 Å². The molecule has 0 spiro atoms. The Morgan fingerprint density at radius 1 is 0.355 bits per heavy atom. The summed E-state index contributed by atoms with van der Waals surface area (Å²) in [6.07, 6.45) is 11.8. The van der Waals surface area contributed by atoms with Gasteiger partial charge in [-0.15, -0.1) is 0 Å². The van der Waals surface area contributed by atoms with Crippen molar-refractivity contribution < 1.29 is 47.7 Å². The van der Waals surface area contributed by atoms with Crippen LogP contribution in [0.5, 0.6) is 23.0 Å². The number of esters is 4. The zero-order valence-corrected chi connectivity index (χ0v) is 45.6. The van der Waals surface area contributed by atoms with Gasteiger partial charge in [-0.1, -0.05) is 143 Å². The molecule has 4 unspecified atom stereocenters.